The van der Waals surface area contributed by atoms with Gasteiger partial charge in [-0.15, -0.1) is 0 Å². The zero-order valence-corrected chi connectivity index (χ0v) is 13.8. The van der Waals surface area contributed by atoms with Gasteiger partial charge in [-0.25, -0.2) is 0 Å². The highest BCUT2D eigenvalue weighted by atomic mass is 35.5. The maximum atomic E-state index is 12.2. The van der Waals surface area contributed by atoms with Crippen LogP contribution < -0.4 is 11.1 Å². The lowest BCUT2D eigenvalue weighted by Gasteiger charge is -2.34. The van der Waals surface area contributed by atoms with Crippen molar-refractivity contribution in [2.24, 2.45) is 11.7 Å². The molecule has 1 amide bonds. The summed E-state index contributed by atoms with van der Waals surface area (Å²) in [6.07, 6.45) is 1.01. The third kappa shape index (κ3) is 4.33. The Morgan fingerprint density at radius 1 is 1.43 bits per heavy atom. The molecule has 0 spiro atoms. The van der Waals surface area contributed by atoms with E-state index < -0.39 is 0 Å². The van der Waals surface area contributed by atoms with Gasteiger partial charge in [-0.05, 0) is 30.9 Å². The van der Waals surface area contributed by atoms with E-state index in [1.54, 1.807) is 6.07 Å². The molecule has 6 heteroatoms. The summed E-state index contributed by atoms with van der Waals surface area (Å²) in [5, 5.41) is 3.74. The molecule has 0 aliphatic carbocycles. The van der Waals surface area contributed by atoms with E-state index >= 15 is 0 Å². The summed E-state index contributed by atoms with van der Waals surface area (Å²) in [5.41, 5.74) is 7.36. The third-order valence-electron chi connectivity index (χ3n) is 3.68. The van der Waals surface area contributed by atoms with Crippen molar-refractivity contribution >= 4 is 34.8 Å². The van der Waals surface area contributed by atoms with Gasteiger partial charge in [-0.2, -0.15) is 0 Å². The molecule has 0 saturated carbocycles. The van der Waals surface area contributed by atoms with Gasteiger partial charge in [-0.3, -0.25) is 9.69 Å². The first-order valence-electron chi connectivity index (χ1n) is 7.09. The number of nitrogens with two attached hydrogens (primary N) is 1. The molecule has 1 aliphatic heterocycles. The summed E-state index contributed by atoms with van der Waals surface area (Å²) in [6, 6.07) is 3.69. The second-order valence-corrected chi connectivity index (χ2v) is 6.68. The van der Waals surface area contributed by atoms with Crippen LogP contribution in [0.1, 0.15) is 18.9 Å². The molecule has 1 aromatic carbocycles. The number of hydrogen-bond donors (Lipinski definition) is 2. The van der Waals surface area contributed by atoms with Crippen molar-refractivity contribution in [3.63, 3.8) is 0 Å². The van der Waals surface area contributed by atoms with E-state index in [1.807, 2.05) is 13.0 Å². The second-order valence-electron chi connectivity index (χ2n) is 5.90. The van der Waals surface area contributed by atoms with Gasteiger partial charge in [-0.1, -0.05) is 36.2 Å². The predicted molar refractivity (Wildman–Crippen MR) is 88.0 cm³/mol. The van der Waals surface area contributed by atoms with E-state index in [-0.39, 0.29) is 11.9 Å². The summed E-state index contributed by atoms with van der Waals surface area (Å²) in [6.45, 7) is 5.96. The lowest BCUT2D eigenvalue weighted by molar-refractivity contribution is -0.117. The van der Waals surface area contributed by atoms with Crippen LogP contribution in [0.2, 0.25) is 10.0 Å². The summed E-state index contributed by atoms with van der Waals surface area (Å²) >= 11 is 12.3. The first-order valence-corrected chi connectivity index (χ1v) is 7.84. The fourth-order valence-electron chi connectivity index (χ4n) is 2.80. The highest BCUT2D eigenvalue weighted by molar-refractivity contribution is 6.40. The number of nitrogens with one attached hydrogen (secondary N) is 1. The average molecular weight is 330 g/mol. The SMILES string of the molecule is Cc1ccc(Cl)c(NC(=O)CN2CC(C)CC(N)C2)c1Cl. The molecule has 1 fully saturated rings. The van der Waals surface area contributed by atoms with Crippen molar-refractivity contribution in [3.8, 4) is 0 Å². The van der Waals surface area contributed by atoms with Crippen LogP contribution in [0.3, 0.4) is 0 Å². The number of aryl methyl sites for hydroxylation is 1. The van der Waals surface area contributed by atoms with Crippen LogP contribution >= 0.6 is 23.2 Å². The number of likely N-dealkylation sites (tertiary alicyclic amines) is 1. The van der Waals surface area contributed by atoms with Gasteiger partial charge in [0.15, 0.2) is 0 Å². The van der Waals surface area contributed by atoms with Gasteiger partial charge >= 0.3 is 0 Å². The van der Waals surface area contributed by atoms with Gasteiger partial charge in [0.05, 0.1) is 22.3 Å². The molecule has 1 aromatic rings. The van der Waals surface area contributed by atoms with Crippen molar-refractivity contribution in [3.05, 3.63) is 27.7 Å². The monoisotopic (exact) mass is 329 g/mol. The topological polar surface area (TPSA) is 58.4 Å². The van der Waals surface area contributed by atoms with Crippen LogP contribution in [0.4, 0.5) is 5.69 Å². The Balaban J connectivity index is 2.01. The van der Waals surface area contributed by atoms with E-state index in [9.17, 15) is 4.79 Å². The van der Waals surface area contributed by atoms with Crippen molar-refractivity contribution < 1.29 is 4.79 Å². The Morgan fingerprint density at radius 2 is 2.14 bits per heavy atom. The number of halogens is 2. The highest BCUT2D eigenvalue weighted by Gasteiger charge is 2.24. The van der Waals surface area contributed by atoms with Gasteiger partial charge in [0, 0.05) is 19.1 Å². The lowest BCUT2D eigenvalue weighted by atomic mass is 9.97. The number of nitrogens with zero attached hydrogens (tertiary/aromatic N) is 1. The molecule has 21 heavy (non-hydrogen) atoms. The Morgan fingerprint density at radius 3 is 2.81 bits per heavy atom. The Labute approximate surface area is 135 Å². The summed E-state index contributed by atoms with van der Waals surface area (Å²) in [4.78, 5) is 14.3. The molecular formula is C15H21Cl2N3O. The molecular weight excluding hydrogens is 309 g/mol. The first kappa shape index (κ1) is 16.6. The van der Waals surface area contributed by atoms with Crippen LogP contribution in [0.15, 0.2) is 12.1 Å². The number of hydrogen-bond acceptors (Lipinski definition) is 3. The standard InChI is InChI=1S/C15H21Cl2N3O/c1-9-5-11(18)7-20(6-9)8-13(21)19-15-12(16)4-3-10(2)14(15)17/h3-4,9,11H,5-8,18H2,1-2H3,(H,19,21). The molecule has 0 bridgehead atoms. The number of amides is 1. The van der Waals surface area contributed by atoms with E-state index in [0.29, 0.717) is 28.2 Å². The summed E-state index contributed by atoms with van der Waals surface area (Å²) in [7, 11) is 0. The molecule has 0 aromatic heterocycles. The fourth-order valence-corrected chi connectivity index (χ4v) is 3.26. The minimum Gasteiger partial charge on any atom is -0.327 e. The average Bonchev–Trinajstić information content (AvgIpc) is 2.38. The fraction of sp³-hybridized carbons (Fsp3) is 0.533. The van der Waals surface area contributed by atoms with Crippen molar-refractivity contribution in [1.29, 1.82) is 0 Å². The van der Waals surface area contributed by atoms with E-state index in [0.717, 1.165) is 25.1 Å². The van der Waals surface area contributed by atoms with Crippen LogP contribution in [0.5, 0.6) is 0 Å². The van der Waals surface area contributed by atoms with Crippen LogP contribution in [-0.4, -0.2) is 36.5 Å². The first-order chi connectivity index (χ1) is 9.86. The Hall–Kier alpha value is -0.810. The number of benzene rings is 1. The number of anilines is 1. The van der Waals surface area contributed by atoms with E-state index in [1.165, 1.54) is 0 Å². The van der Waals surface area contributed by atoms with Crippen molar-refractivity contribution in [1.82, 2.24) is 4.90 Å². The zero-order chi connectivity index (χ0) is 15.6. The molecule has 2 atom stereocenters. The molecule has 1 saturated heterocycles. The second kappa shape index (κ2) is 6.97. The number of piperidine rings is 1. The van der Waals surface area contributed by atoms with Crippen LogP contribution in [-0.2, 0) is 4.79 Å². The van der Waals surface area contributed by atoms with E-state index in [4.69, 9.17) is 28.9 Å². The summed E-state index contributed by atoms with van der Waals surface area (Å²) in [5.74, 6) is 0.387. The Kier molecular flexibility index (Phi) is 5.49. The van der Waals surface area contributed by atoms with Crippen LogP contribution in [0, 0.1) is 12.8 Å². The van der Waals surface area contributed by atoms with Gasteiger partial charge < -0.3 is 11.1 Å². The maximum absolute atomic E-state index is 12.2. The molecule has 3 N–H and O–H groups in total. The third-order valence-corrected chi connectivity index (χ3v) is 4.49. The van der Waals surface area contributed by atoms with Gasteiger partial charge in [0.2, 0.25) is 5.91 Å². The minimum absolute atomic E-state index is 0.120. The molecule has 2 rings (SSSR count). The predicted octanol–water partition coefficient (Wildman–Crippen LogP) is 2.91. The lowest BCUT2D eigenvalue weighted by Crippen LogP contribution is -2.48. The Bertz CT molecular complexity index is 526. The number of carbonyl (C=O) groups is 1. The molecule has 1 heterocycles. The smallest absolute Gasteiger partial charge is 0.238 e. The number of carbonyl (C=O) groups excluding carboxylic acids is 1. The summed E-state index contributed by atoms with van der Waals surface area (Å²) < 4.78 is 0. The van der Waals surface area contributed by atoms with Crippen LogP contribution in [0.25, 0.3) is 0 Å². The normalized spacial score (nSPS) is 23.1. The minimum atomic E-state index is -0.120. The quantitative estimate of drug-likeness (QED) is 0.896. The largest absolute Gasteiger partial charge is 0.327 e. The van der Waals surface area contributed by atoms with E-state index in [2.05, 4.69) is 17.1 Å². The van der Waals surface area contributed by atoms with Crippen molar-refractivity contribution in [2.75, 3.05) is 25.0 Å². The van der Waals surface area contributed by atoms with Crippen molar-refractivity contribution in [2.45, 2.75) is 26.3 Å². The highest BCUT2D eigenvalue weighted by Crippen LogP contribution is 2.32. The molecule has 1 aliphatic rings. The molecule has 116 valence electrons. The maximum Gasteiger partial charge on any atom is 0.238 e. The molecule has 4 nitrogen and oxygen atoms in total. The molecule has 0 radical (unpaired) electrons. The number of rotatable bonds is 3. The molecule has 2 unspecified atom stereocenters. The zero-order valence-electron chi connectivity index (χ0n) is 12.3. The van der Waals surface area contributed by atoms with Gasteiger partial charge in [0.1, 0.15) is 0 Å². The van der Waals surface area contributed by atoms with Gasteiger partial charge in [0.25, 0.3) is 0 Å².